The highest BCUT2D eigenvalue weighted by Crippen LogP contribution is 2.27. The van der Waals surface area contributed by atoms with Gasteiger partial charge in [0.15, 0.2) is 0 Å². The summed E-state index contributed by atoms with van der Waals surface area (Å²) < 4.78 is 27.4. The molecule has 0 spiro atoms. The number of hydrogen-bond donors (Lipinski definition) is 1. The minimum Gasteiger partial charge on any atom is -0.314 e. The smallest absolute Gasteiger partial charge is 0.244 e. The summed E-state index contributed by atoms with van der Waals surface area (Å²) >= 11 is 0. The number of rotatable bonds is 3. The minimum atomic E-state index is -3.61. The van der Waals surface area contributed by atoms with E-state index >= 15 is 0 Å². The second-order valence-electron chi connectivity index (χ2n) is 6.15. The van der Waals surface area contributed by atoms with Crippen LogP contribution < -0.4 is 5.32 Å². The number of aryl methyl sites for hydroxylation is 1. The van der Waals surface area contributed by atoms with E-state index in [0.717, 1.165) is 32.6 Å². The van der Waals surface area contributed by atoms with Crippen molar-refractivity contribution in [3.05, 3.63) is 29.3 Å². The molecule has 2 heterocycles. The van der Waals surface area contributed by atoms with Crippen LogP contribution in [0.4, 0.5) is 0 Å². The number of hydrogen-bond acceptors (Lipinski definition) is 5. The first kappa shape index (κ1) is 16.4. The van der Waals surface area contributed by atoms with Crippen molar-refractivity contribution in [2.45, 2.75) is 24.3 Å². The molecule has 0 aliphatic carbocycles. The molecule has 3 rings (SSSR count). The summed E-state index contributed by atoms with van der Waals surface area (Å²) in [6.45, 7) is 6.65. The largest absolute Gasteiger partial charge is 0.314 e. The van der Waals surface area contributed by atoms with Gasteiger partial charge in [-0.25, -0.2) is 8.42 Å². The predicted octanol–water partition coefficient (Wildman–Crippen LogP) is 0.535. The van der Waals surface area contributed by atoms with Crippen LogP contribution >= 0.6 is 0 Å². The van der Waals surface area contributed by atoms with E-state index in [9.17, 15) is 13.7 Å². The Labute approximate surface area is 137 Å². The molecule has 0 radical (unpaired) electrons. The van der Waals surface area contributed by atoms with Crippen LogP contribution in [-0.2, 0) is 10.0 Å². The van der Waals surface area contributed by atoms with Gasteiger partial charge in [-0.15, -0.1) is 0 Å². The van der Waals surface area contributed by atoms with Crippen molar-refractivity contribution in [1.29, 1.82) is 5.26 Å². The number of sulfonamides is 1. The molecule has 1 atom stereocenters. The molecule has 1 unspecified atom stereocenters. The third-order valence-corrected chi connectivity index (χ3v) is 6.67. The maximum absolute atomic E-state index is 12.9. The zero-order valence-electron chi connectivity index (χ0n) is 13.3. The predicted molar refractivity (Wildman–Crippen MR) is 87.5 cm³/mol. The molecule has 0 aromatic heterocycles. The van der Waals surface area contributed by atoms with Gasteiger partial charge in [-0.2, -0.15) is 9.57 Å². The molecule has 23 heavy (non-hydrogen) atoms. The average molecular weight is 334 g/mol. The van der Waals surface area contributed by atoms with Gasteiger partial charge in [0.05, 0.1) is 5.56 Å². The Hall–Kier alpha value is -1.46. The van der Waals surface area contributed by atoms with Gasteiger partial charge in [0.1, 0.15) is 11.0 Å². The first-order valence-corrected chi connectivity index (χ1v) is 9.42. The Morgan fingerprint density at radius 3 is 2.70 bits per heavy atom. The summed E-state index contributed by atoms with van der Waals surface area (Å²) in [5.41, 5.74) is 0.963. The van der Waals surface area contributed by atoms with E-state index in [-0.39, 0.29) is 16.5 Å². The number of nitriles is 1. The molecule has 1 aromatic rings. The van der Waals surface area contributed by atoms with Crippen molar-refractivity contribution in [3.63, 3.8) is 0 Å². The highest BCUT2D eigenvalue weighted by atomic mass is 32.2. The van der Waals surface area contributed by atoms with Gasteiger partial charge in [0.2, 0.25) is 10.0 Å². The van der Waals surface area contributed by atoms with Gasteiger partial charge in [-0.05, 0) is 25.0 Å². The summed E-state index contributed by atoms with van der Waals surface area (Å²) in [5, 5.41) is 12.6. The molecule has 0 saturated carbocycles. The standard InChI is InChI=1S/C16H22N4O2S/c1-13-3-2-4-16(15(13)11-17)23(21,22)20-8-5-14(12-20)19-9-6-18-7-10-19/h2-4,14,18H,5-10,12H2,1H3. The number of benzene rings is 1. The molecular formula is C16H22N4O2S. The quantitative estimate of drug-likeness (QED) is 0.873. The maximum Gasteiger partial charge on any atom is 0.244 e. The topological polar surface area (TPSA) is 76.4 Å². The van der Waals surface area contributed by atoms with Crippen molar-refractivity contribution in [2.75, 3.05) is 39.3 Å². The van der Waals surface area contributed by atoms with E-state index in [1.54, 1.807) is 25.1 Å². The Balaban J connectivity index is 1.82. The second-order valence-corrected chi connectivity index (χ2v) is 8.06. The Kier molecular flexibility index (Phi) is 4.69. The minimum absolute atomic E-state index is 0.140. The Bertz CT molecular complexity index is 720. The number of nitrogens with one attached hydrogen (secondary N) is 1. The molecule has 2 aliphatic heterocycles. The van der Waals surface area contributed by atoms with Gasteiger partial charge >= 0.3 is 0 Å². The third kappa shape index (κ3) is 3.12. The highest BCUT2D eigenvalue weighted by molar-refractivity contribution is 7.89. The fourth-order valence-corrected chi connectivity index (χ4v) is 5.12. The van der Waals surface area contributed by atoms with Crippen LogP contribution in [0, 0.1) is 18.3 Å². The van der Waals surface area contributed by atoms with Crippen LogP contribution in [0.15, 0.2) is 23.1 Å². The van der Waals surface area contributed by atoms with Gasteiger partial charge < -0.3 is 5.32 Å². The molecule has 2 saturated heterocycles. The first-order chi connectivity index (χ1) is 11.0. The van der Waals surface area contributed by atoms with Crippen LogP contribution in [0.5, 0.6) is 0 Å². The van der Waals surface area contributed by atoms with Gasteiger partial charge in [0.25, 0.3) is 0 Å². The van der Waals surface area contributed by atoms with Gasteiger partial charge in [-0.3, -0.25) is 4.90 Å². The third-order valence-electron chi connectivity index (χ3n) is 4.76. The molecule has 1 N–H and O–H groups in total. The SMILES string of the molecule is Cc1cccc(S(=O)(=O)N2CCC(N3CCNCC3)C2)c1C#N. The normalized spacial score (nSPS) is 23.7. The Morgan fingerprint density at radius 1 is 1.26 bits per heavy atom. The summed E-state index contributed by atoms with van der Waals surface area (Å²) in [5.74, 6) is 0. The molecule has 124 valence electrons. The fraction of sp³-hybridized carbons (Fsp3) is 0.562. The van der Waals surface area contributed by atoms with E-state index < -0.39 is 10.0 Å². The number of piperazine rings is 1. The molecule has 0 amide bonds. The van der Waals surface area contributed by atoms with Crippen LogP contribution in [0.25, 0.3) is 0 Å². The van der Waals surface area contributed by atoms with Crippen LogP contribution in [-0.4, -0.2) is 62.9 Å². The zero-order valence-corrected chi connectivity index (χ0v) is 14.1. The second kappa shape index (κ2) is 6.57. The lowest BCUT2D eigenvalue weighted by Gasteiger charge is -2.32. The summed E-state index contributed by atoms with van der Waals surface area (Å²) in [7, 11) is -3.61. The zero-order chi connectivity index (χ0) is 16.4. The lowest BCUT2D eigenvalue weighted by atomic mass is 10.1. The number of nitrogens with zero attached hydrogens (tertiary/aromatic N) is 3. The van der Waals surface area contributed by atoms with Crippen molar-refractivity contribution < 1.29 is 8.42 Å². The van der Waals surface area contributed by atoms with Crippen LogP contribution in [0.2, 0.25) is 0 Å². The molecule has 1 aromatic carbocycles. The molecule has 2 fully saturated rings. The van der Waals surface area contributed by atoms with Crippen LogP contribution in [0.1, 0.15) is 17.5 Å². The maximum atomic E-state index is 12.9. The highest BCUT2D eigenvalue weighted by Gasteiger charge is 2.36. The lowest BCUT2D eigenvalue weighted by molar-refractivity contribution is 0.179. The first-order valence-electron chi connectivity index (χ1n) is 7.98. The van der Waals surface area contributed by atoms with Crippen molar-refractivity contribution in [3.8, 4) is 6.07 Å². The molecule has 2 aliphatic rings. The fourth-order valence-electron chi connectivity index (χ4n) is 3.41. The summed E-state index contributed by atoms with van der Waals surface area (Å²) in [4.78, 5) is 2.51. The van der Waals surface area contributed by atoms with E-state index in [1.165, 1.54) is 4.31 Å². The molecule has 6 nitrogen and oxygen atoms in total. The van der Waals surface area contributed by atoms with E-state index in [4.69, 9.17) is 0 Å². The summed E-state index contributed by atoms with van der Waals surface area (Å²) in [6, 6.07) is 7.33. The van der Waals surface area contributed by atoms with Crippen molar-refractivity contribution in [1.82, 2.24) is 14.5 Å². The lowest BCUT2D eigenvalue weighted by Crippen LogP contribution is -2.49. The van der Waals surface area contributed by atoms with E-state index in [0.29, 0.717) is 18.7 Å². The van der Waals surface area contributed by atoms with E-state index in [2.05, 4.69) is 10.2 Å². The summed E-state index contributed by atoms with van der Waals surface area (Å²) in [6.07, 6.45) is 0.854. The Morgan fingerprint density at radius 2 is 2.00 bits per heavy atom. The molecule has 7 heteroatoms. The van der Waals surface area contributed by atoms with Gasteiger partial charge in [0, 0.05) is 45.3 Å². The molecule has 0 bridgehead atoms. The van der Waals surface area contributed by atoms with Crippen molar-refractivity contribution >= 4 is 10.0 Å². The van der Waals surface area contributed by atoms with Crippen LogP contribution in [0.3, 0.4) is 0 Å². The van der Waals surface area contributed by atoms with Crippen molar-refractivity contribution in [2.24, 2.45) is 0 Å². The van der Waals surface area contributed by atoms with Gasteiger partial charge in [-0.1, -0.05) is 12.1 Å². The molecular weight excluding hydrogens is 312 g/mol. The average Bonchev–Trinajstić information content (AvgIpc) is 3.06. The monoisotopic (exact) mass is 334 g/mol. The van der Waals surface area contributed by atoms with E-state index in [1.807, 2.05) is 6.07 Å².